The van der Waals surface area contributed by atoms with Gasteiger partial charge in [0.25, 0.3) is 5.91 Å². The van der Waals surface area contributed by atoms with Gasteiger partial charge in [0.15, 0.2) is 5.69 Å². The van der Waals surface area contributed by atoms with Crippen LogP contribution in [0.4, 0.5) is 0 Å². The highest BCUT2D eigenvalue weighted by atomic mass is 16.5. The van der Waals surface area contributed by atoms with Crippen LogP contribution in [0.1, 0.15) is 42.2 Å². The van der Waals surface area contributed by atoms with Crippen molar-refractivity contribution in [2.24, 2.45) is 0 Å². The Kier molecular flexibility index (Phi) is 7.06. The van der Waals surface area contributed by atoms with Crippen molar-refractivity contribution < 1.29 is 18.7 Å². The SMILES string of the molecule is CCC(C)N(Cc1ccc(OC)cc1)Cc1nc(C(=O)N2CCOCC2)co1. The Morgan fingerprint density at radius 1 is 1.25 bits per heavy atom. The number of nitrogens with zero attached hydrogens (tertiary/aromatic N) is 3. The van der Waals surface area contributed by atoms with E-state index in [0.717, 1.165) is 18.7 Å². The fourth-order valence-corrected chi connectivity index (χ4v) is 3.18. The quantitative estimate of drug-likeness (QED) is 0.694. The number of morpholine rings is 1. The zero-order valence-corrected chi connectivity index (χ0v) is 16.9. The van der Waals surface area contributed by atoms with Gasteiger partial charge in [-0.2, -0.15) is 0 Å². The molecule has 1 amide bonds. The van der Waals surface area contributed by atoms with Gasteiger partial charge in [0.2, 0.25) is 5.89 Å². The summed E-state index contributed by atoms with van der Waals surface area (Å²) in [5, 5.41) is 0. The third-order valence-electron chi connectivity index (χ3n) is 5.17. The molecule has 1 unspecified atom stereocenters. The van der Waals surface area contributed by atoms with Crippen LogP contribution < -0.4 is 4.74 Å². The number of methoxy groups -OCH3 is 1. The molecule has 1 aliphatic rings. The second-order valence-corrected chi connectivity index (χ2v) is 7.04. The molecule has 0 spiro atoms. The van der Waals surface area contributed by atoms with E-state index >= 15 is 0 Å². The van der Waals surface area contributed by atoms with Crippen molar-refractivity contribution in [3.8, 4) is 5.75 Å². The van der Waals surface area contributed by atoms with Gasteiger partial charge in [-0.25, -0.2) is 4.98 Å². The van der Waals surface area contributed by atoms with E-state index in [1.165, 1.54) is 11.8 Å². The van der Waals surface area contributed by atoms with E-state index in [2.05, 4.69) is 35.9 Å². The predicted octanol–water partition coefficient (Wildman–Crippen LogP) is 2.96. The molecule has 0 N–H and O–H groups in total. The molecule has 152 valence electrons. The molecule has 1 aliphatic heterocycles. The fraction of sp³-hybridized carbons (Fsp3) is 0.524. The molecule has 7 heteroatoms. The molecule has 2 aromatic rings. The van der Waals surface area contributed by atoms with Crippen molar-refractivity contribution in [2.75, 3.05) is 33.4 Å². The minimum absolute atomic E-state index is 0.0939. The lowest BCUT2D eigenvalue weighted by Crippen LogP contribution is -2.40. The third-order valence-corrected chi connectivity index (χ3v) is 5.17. The zero-order valence-electron chi connectivity index (χ0n) is 16.9. The van der Waals surface area contributed by atoms with Crippen molar-refractivity contribution in [3.05, 3.63) is 47.7 Å². The van der Waals surface area contributed by atoms with Gasteiger partial charge in [0, 0.05) is 25.7 Å². The average Bonchev–Trinajstić information content (AvgIpc) is 3.22. The van der Waals surface area contributed by atoms with Gasteiger partial charge in [-0.15, -0.1) is 0 Å². The van der Waals surface area contributed by atoms with Crippen molar-refractivity contribution in [1.82, 2.24) is 14.8 Å². The largest absolute Gasteiger partial charge is 0.497 e. The van der Waals surface area contributed by atoms with Gasteiger partial charge in [-0.3, -0.25) is 9.69 Å². The van der Waals surface area contributed by atoms with Gasteiger partial charge in [-0.1, -0.05) is 19.1 Å². The van der Waals surface area contributed by atoms with E-state index in [9.17, 15) is 4.79 Å². The smallest absolute Gasteiger partial charge is 0.275 e. The molecule has 1 aromatic heterocycles. The monoisotopic (exact) mass is 387 g/mol. The number of rotatable bonds is 8. The maximum absolute atomic E-state index is 12.6. The first-order valence-corrected chi connectivity index (χ1v) is 9.79. The number of aromatic nitrogens is 1. The first-order valence-electron chi connectivity index (χ1n) is 9.79. The van der Waals surface area contributed by atoms with Crippen molar-refractivity contribution in [1.29, 1.82) is 0 Å². The fourth-order valence-electron chi connectivity index (χ4n) is 3.18. The highest BCUT2D eigenvalue weighted by Gasteiger charge is 2.23. The van der Waals surface area contributed by atoms with Gasteiger partial charge >= 0.3 is 0 Å². The number of oxazole rings is 1. The van der Waals surface area contributed by atoms with Gasteiger partial charge < -0.3 is 18.8 Å². The normalized spacial score (nSPS) is 15.6. The van der Waals surface area contributed by atoms with Crippen LogP contribution in [-0.4, -0.2) is 60.1 Å². The molecular weight excluding hydrogens is 358 g/mol. The molecule has 0 aliphatic carbocycles. The molecule has 1 saturated heterocycles. The standard InChI is InChI=1S/C21H29N3O4/c1-4-16(2)24(13-17-5-7-18(26-3)8-6-17)14-20-22-19(15-28-20)21(25)23-9-11-27-12-10-23/h5-8,15-16H,4,9-14H2,1-3H3. The van der Waals surface area contributed by atoms with Gasteiger partial charge in [0.05, 0.1) is 26.9 Å². The molecule has 1 aromatic carbocycles. The molecule has 7 nitrogen and oxygen atoms in total. The Hall–Kier alpha value is -2.38. The summed E-state index contributed by atoms with van der Waals surface area (Å²) in [6, 6.07) is 8.42. The number of benzene rings is 1. The van der Waals surface area contributed by atoms with E-state index in [1.54, 1.807) is 12.0 Å². The summed E-state index contributed by atoms with van der Waals surface area (Å²) in [5.41, 5.74) is 1.56. The average molecular weight is 387 g/mol. The van der Waals surface area contributed by atoms with Crippen LogP contribution in [0.25, 0.3) is 0 Å². The second kappa shape index (κ2) is 9.71. The number of hydrogen-bond donors (Lipinski definition) is 0. The number of amides is 1. The van der Waals surface area contributed by atoms with Crippen LogP contribution in [-0.2, 0) is 17.8 Å². The summed E-state index contributed by atoms with van der Waals surface area (Å²) in [4.78, 5) is 21.1. The first-order chi connectivity index (χ1) is 13.6. The van der Waals surface area contributed by atoms with Crippen LogP contribution in [0.5, 0.6) is 5.75 Å². The van der Waals surface area contributed by atoms with Crippen molar-refractivity contribution in [2.45, 2.75) is 39.4 Å². The van der Waals surface area contributed by atoms with E-state index in [4.69, 9.17) is 13.9 Å². The van der Waals surface area contributed by atoms with Crippen LogP contribution in [0.3, 0.4) is 0 Å². The van der Waals surface area contributed by atoms with Crippen molar-refractivity contribution in [3.63, 3.8) is 0 Å². The summed E-state index contributed by atoms with van der Waals surface area (Å²) >= 11 is 0. The lowest BCUT2D eigenvalue weighted by atomic mass is 10.1. The Labute approximate surface area is 166 Å². The minimum atomic E-state index is -0.0939. The van der Waals surface area contributed by atoms with E-state index in [0.29, 0.717) is 50.5 Å². The lowest BCUT2D eigenvalue weighted by Gasteiger charge is -2.27. The molecule has 1 atom stereocenters. The molecule has 0 saturated carbocycles. The Morgan fingerprint density at radius 3 is 2.61 bits per heavy atom. The summed E-state index contributed by atoms with van der Waals surface area (Å²) < 4.78 is 16.2. The van der Waals surface area contributed by atoms with Crippen LogP contribution in [0, 0.1) is 0 Å². The number of carbonyl (C=O) groups is 1. The third kappa shape index (κ3) is 5.11. The molecule has 2 heterocycles. The maximum Gasteiger partial charge on any atom is 0.275 e. The van der Waals surface area contributed by atoms with Gasteiger partial charge in [-0.05, 0) is 31.0 Å². The van der Waals surface area contributed by atoms with E-state index in [1.807, 2.05) is 12.1 Å². The summed E-state index contributed by atoms with van der Waals surface area (Å²) in [6.07, 6.45) is 2.48. The van der Waals surface area contributed by atoms with Crippen LogP contribution >= 0.6 is 0 Å². The number of hydrogen-bond acceptors (Lipinski definition) is 6. The van der Waals surface area contributed by atoms with Gasteiger partial charge in [0.1, 0.15) is 12.0 Å². The lowest BCUT2D eigenvalue weighted by molar-refractivity contribution is 0.0299. The summed E-state index contributed by atoms with van der Waals surface area (Å²) in [5.74, 6) is 1.31. The molecule has 28 heavy (non-hydrogen) atoms. The molecule has 3 rings (SSSR count). The van der Waals surface area contributed by atoms with Crippen LogP contribution in [0.15, 0.2) is 34.9 Å². The highest BCUT2D eigenvalue weighted by Crippen LogP contribution is 2.18. The first kappa shape index (κ1) is 20.4. The van der Waals surface area contributed by atoms with Crippen LogP contribution in [0.2, 0.25) is 0 Å². The zero-order chi connectivity index (χ0) is 19.9. The summed E-state index contributed by atoms with van der Waals surface area (Å²) in [7, 11) is 1.67. The minimum Gasteiger partial charge on any atom is -0.497 e. The summed E-state index contributed by atoms with van der Waals surface area (Å²) in [6.45, 7) is 8.00. The molecule has 1 fully saturated rings. The Balaban J connectivity index is 1.67. The number of ether oxygens (including phenoxy) is 2. The molecule has 0 radical (unpaired) electrons. The maximum atomic E-state index is 12.6. The van der Waals surface area contributed by atoms with E-state index in [-0.39, 0.29) is 5.91 Å². The second-order valence-electron chi connectivity index (χ2n) is 7.04. The Bertz CT molecular complexity index is 753. The predicted molar refractivity (Wildman–Crippen MR) is 105 cm³/mol. The molecule has 0 bridgehead atoms. The highest BCUT2D eigenvalue weighted by molar-refractivity contribution is 5.92. The molecular formula is C21H29N3O4. The Morgan fingerprint density at radius 2 is 1.96 bits per heavy atom. The topological polar surface area (TPSA) is 68.0 Å². The van der Waals surface area contributed by atoms with E-state index < -0.39 is 0 Å². The number of carbonyl (C=O) groups excluding carboxylic acids is 1. The van der Waals surface area contributed by atoms with Crippen molar-refractivity contribution >= 4 is 5.91 Å².